The number of imide groups is 1. The zero-order chi connectivity index (χ0) is 24.4. The van der Waals surface area contributed by atoms with E-state index < -0.39 is 17.7 Å². The van der Waals surface area contributed by atoms with Crippen LogP contribution in [0.25, 0.3) is 11.1 Å². The van der Waals surface area contributed by atoms with Crippen molar-refractivity contribution in [2.24, 2.45) is 0 Å². The summed E-state index contributed by atoms with van der Waals surface area (Å²) in [4.78, 5) is 40.8. The molecule has 0 spiro atoms. The van der Waals surface area contributed by atoms with Crippen LogP contribution in [-0.2, 0) is 0 Å². The highest BCUT2D eigenvalue weighted by Crippen LogP contribution is 2.36. The summed E-state index contributed by atoms with van der Waals surface area (Å²) >= 11 is 0. The molecule has 0 saturated carbocycles. The molecule has 1 aliphatic heterocycles. The average molecular weight is 463 g/mol. The van der Waals surface area contributed by atoms with Gasteiger partial charge in [0.15, 0.2) is 0 Å². The monoisotopic (exact) mass is 462 g/mol. The summed E-state index contributed by atoms with van der Waals surface area (Å²) in [6.07, 6.45) is 0. The number of hydrogen-bond donors (Lipinski definition) is 1. The van der Waals surface area contributed by atoms with E-state index in [1.54, 1.807) is 36.4 Å². The number of ether oxygens (including phenoxy) is 1. The fourth-order valence-electron chi connectivity index (χ4n) is 4.18. The highest BCUT2D eigenvalue weighted by Gasteiger charge is 2.38. The van der Waals surface area contributed by atoms with Gasteiger partial charge in [-0.15, -0.1) is 0 Å². The zero-order valence-electron chi connectivity index (χ0n) is 19.0. The number of rotatable bonds is 6. The lowest BCUT2D eigenvalue weighted by atomic mass is 10.0. The highest BCUT2D eigenvalue weighted by molar-refractivity contribution is 6.35. The SMILES string of the molecule is CCOc1ccccc1NC(=O)c1ccc2c(c1)C(=O)N(c1ccccc1-c1ccccc1)C2=O. The first kappa shape index (κ1) is 22.1. The number of amides is 3. The Kier molecular flexibility index (Phi) is 5.85. The van der Waals surface area contributed by atoms with Gasteiger partial charge in [0.25, 0.3) is 17.7 Å². The summed E-state index contributed by atoms with van der Waals surface area (Å²) in [6.45, 7) is 2.33. The van der Waals surface area contributed by atoms with E-state index in [4.69, 9.17) is 4.74 Å². The highest BCUT2D eigenvalue weighted by atomic mass is 16.5. The Morgan fingerprint density at radius 2 is 1.46 bits per heavy atom. The van der Waals surface area contributed by atoms with E-state index in [0.29, 0.717) is 23.7 Å². The van der Waals surface area contributed by atoms with Crippen molar-refractivity contribution in [2.45, 2.75) is 6.92 Å². The standard InChI is InChI=1S/C29H22N2O4/c1-2-35-26-15-9-7-13-24(26)30-27(32)20-16-17-22-23(18-20)29(34)31(28(22)33)25-14-8-6-12-21(25)19-10-4-3-5-11-19/h3-18H,2H2,1H3,(H,30,32). The van der Waals surface area contributed by atoms with Crippen molar-refractivity contribution >= 4 is 29.1 Å². The molecule has 3 amide bonds. The fraction of sp³-hybridized carbons (Fsp3) is 0.0690. The molecule has 4 aromatic carbocycles. The van der Waals surface area contributed by atoms with Crippen LogP contribution in [-0.4, -0.2) is 24.3 Å². The molecule has 0 unspecified atom stereocenters. The van der Waals surface area contributed by atoms with Gasteiger partial charge in [0, 0.05) is 11.1 Å². The van der Waals surface area contributed by atoms with E-state index in [9.17, 15) is 14.4 Å². The number of para-hydroxylation sites is 3. The van der Waals surface area contributed by atoms with Crippen LogP contribution in [0.1, 0.15) is 38.0 Å². The summed E-state index contributed by atoms with van der Waals surface area (Å²) in [5.41, 5.74) is 3.44. The van der Waals surface area contributed by atoms with Gasteiger partial charge in [-0.1, -0.05) is 60.7 Å². The normalized spacial score (nSPS) is 12.4. The average Bonchev–Trinajstić information content (AvgIpc) is 3.15. The van der Waals surface area contributed by atoms with Gasteiger partial charge in [0.05, 0.1) is 29.1 Å². The molecule has 6 heteroatoms. The molecule has 0 saturated heterocycles. The van der Waals surface area contributed by atoms with Gasteiger partial charge >= 0.3 is 0 Å². The predicted molar refractivity (Wildman–Crippen MR) is 135 cm³/mol. The van der Waals surface area contributed by atoms with Crippen molar-refractivity contribution in [2.75, 3.05) is 16.8 Å². The van der Waals surface area contributed by atoms with E-state index in [2.05, 4.69) is 5.32 Å². The van der Waals surface area contributed by atoms with Crippen LogP contribution >= 0.6 is 0 Å². The molecule has 6 nitrogen and oxygen atoms in total. The van der Waals surface area contributed by atoms with Crippen molar-refractivity contribution < 1.29 is 19.1 Å². The molecule has 0 aliphatic carbocycles. The first-order valence-corrected chi connectivity index (χ1v) is 11.3. The number of nitrogens with one attached hydrogen (secondary N) is 1. The van der Waals surface area contributed by atoms with Crippen LogP contribution in [0.2, 0.25) is 0 Å². The Morgan fingerprint density at radius 3 is 2.26 bits per heavy atom. The second-order valence-electron chi connectivity index (χ2n) is 7.97. The molecule has 172 valence electrons. The van der Waals surface area contributed by atoms with Crippen LogP contribution < -0.4 is 15.0 Å². The Morgan fingerprint density at radius 1 is 0.771 bits per heavy atom. The molecule has 0 aromatic heterocycles. The summed E-state index contributed by atoms with van der Waals surface area (Å²) in [5.74, 6) is -0.720. The number of carbonyl (C=O) groups excluding carboxylic acids is 3. The maximum atomic E-state index is 13.4. The quantitative estimate of drug-likeness (QED) is 0.367. The third kappa shape index (κ3) is 4.06. The topological polar surface area (TPSA) is 75.7 Å². The smallest absolute Gasteiger partial charge is 0.266 e. The van der Waals surface area contributed by atoms with Crippen LogP contribution in [0.4, 0.5) is 11.4 Å². The van der Waals surface area contributed by atoms with E-state index in [0.717, 1.165) is 11.1 Å². The molecule has 0 radical (unpaired) electrons. The minimum Gasteiger partial charge on any atom is -0.492 e. The molecule has 0 atom stereocenters. The number of benzene rings is 4. The lowest BCUT2D eigenvalue weighted by molar-refractivity contribution is 0.0925. The van der Waals surface area contributed by atoms with Crippen LogP contribution in [0.15, 0.2) is 97.1 Å². The summed E-state index contributed by atoms with van der Waals surface area (Å²) in [5, 5.41) is 2.83. The van der Waals surface area contributed by atoms with E-state index in [1.807, 2.05) is 55.5 Å². The molecule has 5 rings (SSSR count). The van der Waals surface area contributed by atoms with Crippen molar-refractivity contribution in [3.05, 3.63) is 114 Å². The Bertz CT molecular complexity index is 1450. The maximum absolute atomic E-state index is 13.4. The third-order valence-electron chi connectivity index (χ3n) is 5.81. The molecular formula is C29H22N2O4. The Labute approximate surface area is 202 Å². The van der Waals surface area contributed by atoms with Crippen molar-refractivity contribution in [1.29, 1.82) is 0 Å². The second-order valence-corrected chi connectivity index (χ2v) is 7.97. The summed E-state index contributed by atoms with van der Waals surface area (Å²) in [7, 11) is 0. The molecule has 1 N–H and O–H groups in total. The van der Waals surface area contributed by atoms with Crippen LogP contribution in [0.3, 0.4) is 0 Å². The minimum absolute atomic E-state index is 0.198. The van der Waals surface area contributed by atoms with Gasteiger partial charge in [-0.05, 0) is 48.9 Å². The largest absolute Gasteiger partial charge is 0.492 e. The number of anilines is 2. The second kappa shape index (κ2) is 9.27. The first-order chi connectivity index (χ1) is 17.1. The molecular weight excluding hydrogens is 440 g/mol. The zero-order valence-corrected chi connectivity index (χ0v) is 19.0. The molecule has 0 bridgehead atoms. The molecule has 1 aliphatic rings. The lowest BCUT2D eigenvalue weighted by Gasteiger charge is -2.18. The van der Waals surface area contributed by atoms with Crippen molar-refractivity contribution in [3.63, 3.8) is 0 Å². The first-order valence-electron chi connectivity index (χ1n) is 11.3. The lowest BCUT2D eigenvalue weighted by Crippen LogP contribution is -2.29. The number of carbonyl (C=O) groups is 3. The molecule has 35 heavy (non-hydrogen) atoms. The fourth-order valence-corrected chi connectivity index (χ4v) is 4.18. The van der Waals surface area contributed by atoms with Gasteiger partial charge in [-0.2, -0.15) is 0 Å². The third-order valence-corrected chi connectivity index (χ3v) is 5.81. The summed E-state index contributed by atoms with van der Waals surface area (Å²) < 4.78 is 5.57. The predicted octanol–water partition coefficient (Wildman–Crippen LogP) is 5.81. The molecule has 1 heterocycles. The number of fused-ring (bicyclic) bond motifs is 1. The summed E-state index contributed by atoms with van der Waals surface area (Å²) in [6, 6.07) is 28.6. The van der Waals surface area contributed by atoms with E-state index in [-0.39, 0.29) is 16.7 Å². The van der Waals surface area contributed by atoms with Crippen LogP contribution in [0.5, 0.6) is 5.75 Å². The van der Waals surface area contributed by atoms with Gasteiger partial charge in [0.1, 0.15) is 5.75 Å². The Balaban J connectivity index is 1.47. The van der Waals surface area contributed by atoms with E-state index >= 15 is 0 Å². The van der Waals surface area contributed by atoms with Crippen molar-refractivity contribution in [1.82, 2.24) is 0 Å². The van der Waals surface area contributed by atoms with Crippen molar-refractivity contribution in [3.8, 4) is 16.9 Å². The van der Waals surface area contributed by atoms with Crippen LogP contribution in [0, 0.1) is 0 Å². The molecule has 4 aromatic rings. The molecule has 0 fully saturated rings. The van der Waals surface area contributed by atoms with Gasteiger partial charge in [0.2, 0.25) is 0 Å². The maximum Gasteiger partial charge on any atom is 0.266 e. The van der Waals surface area contributed by atoms with Gasteiger partial charge < -0.3 is 10.1 Å². The van der Waals surface area contributed by atoms with Gasteiger partial charge in [-0.3, -0.25) is 14.4 Å². The number of nitrogens with zero attached hydrogens (tertiary/aromatic N) is 1. The van der Waals surface area contributed by atoms with E-state index in [1.165, 1.54) is 17.0 Å². The minimum atomic E-state index is -0.460. The Hall–Kier alpha value is -4.71. The van der Waals surface area contributed by atoms with Gasteiger partial charge in [-0.25, -0.2) is 4.90 Å². The number of hydrogen-bond acceptors (Lipinski definition) is 4.